The summed E-state index contributed by atoms with van der Waals surface area (Å²) in [6.07, 6.45) is 1.39. The summed E-state index contributed by atoms with van der Waals surface area (Å²) in [6.45, 7) is 0.146. The van der Waals surface area contributed by atoms with Gasteiger partial charge in [-0.3, -0.25) is 4.79 Å². The summed E-state index contributed by atoms with van der Waals surface area (Å²) in [5.41, 5.74) is 2.27. The molecule has 1 amide bonds. The molecular weight excluding hydrogens is 306 g/mol. The molecule has 0 aliphatic rings. The monoisotopic (exact) mass is 323 g/mol. The predicted octanol–water partition coefficient (Wildman–Crippen LogP) is 2.00. The average molecular weight is 323 g/mol. The second-order valence-electron chi connectivity index (χ2n) is 5.25. The Bertz CT molecular complexity index is 844. The Balaban J connectivity index is 1.75. The molecule has 0 spiro atoms. The quantitative estimate of drug-likeness (QED) is 0.670. The third-order valence-corrected chi connectivity index (χ3v) is 3.66. The van der Waals surface area contributed by atoms with E-state index in [4.69, 9.17) is 0 Å². The number of hydrogen-bond donors (Lipinski definition) is 3. The smallest absolute Gasteiger partial charge is 0.275 e. The Morgan fingerprint density at radius 3 is 2.42 bits per heavy atom. The van der Waals surface area contributed by atoms with Crippen LogP contribution in [-0.4, -0.2) is 25.9 Å². The number of aromatic hydroxyl groups is 1. The van der Waals surface area contributed by atoms with Crippen molar-refractivity contribution >= 4 is 5.91 Å². The van der Waals surface area contributed by atoms with Crippen LogP contribution in [-0.2, 0) is 13.2 Å². The van der Waals surface area contributed by atoms with Gasteiger partial charge in [0.1, 0.15) is 0 Å². The molecule has 3 rings (SSSR count). The maximum Gasteiger partial charge on any atom is 0.275 e. The van der Waals surface area contributed by atoms with Crippen molar-refractivity contribution in [1.29, 1.82) is 0 Å². The first-order chi connectivity index (χ1) is 11.7. The van der Waals surface area contributed by atoms with E-state index in [0.29, 0.717) is 0 Å². The number of aliphatic hydroxyl groups excluding tert-OH is 1. The molecule has 0 fully saturated rings. The zero-order valence-electron chi connectivity index (χ0n) is 12.9. The highest BCUT2D eigenvalue weighted by atomic mass is 16.3. The van der Waals surface area contributed by atoms with E-state index < -0.39 is 5.91 Å². The molecule has 0 saturated carbocycles. The van der Waals surface area contributed by atoms with Gasteiger partial charge in [0.05, 0.1) is 18.5 Å². The van der Waals surface area contributed by atoms with Crippen molar-refractivity contribution in [3.05, 3.63) is 77.6 Å². The molecule has 122 valence electrons. The Morgan fingerprint density at radius 1 is 1.04 bits per heavy atom. The number of para-hydroxylation sites is 1. The third kappa shape index (κ3) is 3.28. The molecule has 24 heavy (non-hydrogen) atoms. The van der Waals surface area contributed by atoms with Crippen LogP contribution in [0.3, 0.4) is 0 Å². The normalized spacial score (nSPS) is 10.5. The zero-order valence-corrected chi connectivity index (χ0v) is 12.9. The molecule has 1 heterocycles. The standard InChI is InChI=1S/C18H17N3O3/c22-12-14-7-5-4-6-13(14)10-19-18(24)17-16(23)11-21(20-17)15-8-2-1-3-9-15/h1-9,11,22-23H,10,12H2,(H,19,24). The fourth-order valence-corrected chi connectivity index (χ4v) is 2.38. The van der Waals surface area contributed by atoms with Gasteiger partial charge in [-0.25, -0.2) is 4.68 Å². The van der Waals surface area contributed by atoms with Crippen molar-refractivity contribution in [3.8, 4) is 11.4 Å². The zero-order chi connectivity index (χ0) is 16.9. The van der Waals surface area contributed by atoms with Crippen molar-refractivity contribution in [3.63, 3.8) is 0 Å². The molecule has 1 aromatic heterocycles. The predicted molar refractivity (Wildman–Crippen MR) is 88.8 cm³/mol. The molecule has 3 N–H and O–H groups in total. The maximum absolute atomic E-state index is 12.3. The van der Waals surface area contributed by atoms with Crippen LogP contribution in [0.5, 0.6) is 5.75 Å². The van der Waals surface area contributed by atoms with Gasteiger partial charge < -0.3 is 15.5 Å². The van der Waals surface area contributed by atoms with Crippen molar-refractivity contribution in [2.45, 2.75) is 13.2 Å². The van der Waals surface area contributed by atoms with Crippen molar-refractivity contribution in [2.75, 3.05) is 0 Å². The minimum absolute atomic E-state index is 0.0414. The summed E-state index contributed by atoms with van der Waals surface area (Å²) in [5.74, 6) is -0.665. The number of carbonyl (C=O) groups is 1. The van der Waals surface area contributed by atoms with Gasteiger partial charge in [0.2, 0.25) is 0 Å². The van der Waals surface area contributed by atoms with Crippen LogP contribution in [0.15, 0.2) is 60.8 Å². The molecule has 2 aromatic carbocycles. The minimum atomic E-state index is -0.477. The van der Waals surface area contributed by atoms with Gasteiger partial charge in [-0.15, -0.1) is 0 Å². The molecule has 0 saturated heterocycles. The lowest BCUT2D eigenvalue weighted by Gasteiger charge is -2.08. The Labute approximate surface area is 139 Å². The number of aromatic nitrogens is 2. The van der Waals surface area contributed by atoms with E-state index >= 15 is 0 Å². The van der Waals surface area contributed by atoms with Crippen LogP contribution >= 0.6 is 0 Å². The van der Waals surface area contributed by atoms with E-state index in [-0.39, 0.29) is 24.6 Å². The number of nitrogens with one attached hydrogen (secondary N) is 1. The first-order valence-electron chi connectivity index (χ1n) is 7.49. The molecule has 0 radical (unpaired) electrons. The van der Waals surface area contributed by atoms with Crippen LogP contribution in [0.1, 0.15) is 21.6 Å². The summed E-state index contributed by atoms with van der Waals surface area (Å²) in [4.78, 5) is 12.3. The molecule has 3 aromatic rings. The highest BCUT2D eigenvalue weighted by molar-refractivity contribution is 5.94. The Kier molecular flexibility index (Phi) is 4.58. The molecule has 0 atom stereocenters. The summed E-state index contributed by atoms with van der Waals surface area (Å²) in [5, 5.41) is 26.1. The van der Waals surface area contributed by atoms with Gasteiger partial charge in [0.25, 0.3) is 5.91 Å². The molecule has 6 nitrogen and oxygen atoms in total. The number of rotatable bonds is 5. The third-order valence-electron chi connectivity index (χ3n) is 3.66. The van der Waals surface area contributed by atoms with Crippen LogP contribution in [0.2, 0.25) is 0 Å². The van der Waals surface area contributed by atoms with E-state index in [9.17, 15) is 15.0 Å². The molecule has 0 aliphatic heterocycles. The number of benzene rings is 2. The number of hydrogen-bond acceptors (Lipinski definition) is 4. The topological polar surface area (TPSA) is 87.4 Å². The highest BCUT2D eigenvalue weighted by Crippen LogP contribution is 2.18. The maximum atomic E-state index is 12.3. The number of carbonyl (C=O) groups excluding carboxylic acids is 1. The van der Waals surface area contributed by atoms with Gasteiger partial charge in [-0.1, -0.05) is 42.5 Å². The van der Waals surface area contributed by atoms with Gasteiger partial charge in [0, 0.05) is 6.54 Å². The van der Waals surface area contributed by atoms with Crippen molar-refractivity contribution in [1.82, 2.24) is 15.1 Å². The van der Waals surface area contributed by atoms with Gasteiger partial charge >= 0.3 is 0 Å². The van der Waals surface area contributed by atoms with Crippen molar-refractivity contribution in [2.24, 2.45) is 0 Å². The fraction of sp³-hybridized carbons (Fsp3) is 0.111. The summed E-state index contributed by atoms with van der Waals surface area (Å²) in [6, 6.07) is 16.5. The molecular formula is C18H17N3O3. The first-order valence-corrected chi connectivity index (χ1v) is 7.49. The lowest BCUT2D eigenvalue weighted by Crippen LogP contribution is -2.24. The minimum Gasteiger partial charge on any atom is -0.504 e. The van der Waals surface area contributed by atoms with E-state index in [1.807, 2.05) is 48.5 Å². The van der Waals surface area contributed by atoms with E-state index in [1.54, 1.807) is 6.07 Å². The number of aliphatic hydroxyl groups is 1. The SMILES string of the molecule is O=C(NCc1ccccc1CO)c1nn(-c2ccccc2)cc1O. The second kappa shape index (κ2) is 6.97. The molecule has 0 unspecified atom stereocenters. The molecule has 0 bridgehead atoms. The van der Waals surface area contributed by atoms with Gasteiger partial charge in [0.15, 0.2) is 11.4 Å². The van der Waals surface area contributed by atoms with Crippen LogP contribution in [0.25, 0.3) is 5.69 Å². The Hall–Kier alpha value is -3.12. The van der Waals surface area contributed by atoms with Crippen molar-refractivity contribution < 1.29 is 15.0 Å². The molecule has 0 aliphatic carbocycles. The largest absolute Gasteiger partial charge is 0.504 e. The lowest BCUT2D eigenvalue weighted by atomic mass is 10.1. The summed E-state index contributed by atoms with van der Waals surface area (Å²) < 4.78 is 1.45. The van der Waals surface area contributed by atoms with Crippen LogP contribution < -0.4 is 5.32 Å². The van der Waals surface area contributed by atoms with Crippen LogP contribution in [0.4, 0.5) is 0 Å². The average Bonchev–Trinajstić information content (AvgIpc) is 3.02. The molecule has 6 heteroatoms. The van der Waals surface area contributed by atoms with Gasteiger partial charge in [-0.2, -0.15) is 5.10 Å². The number of amides is 1. The Morgan fingerprint density at radius 2 is 1.71 bits per heavy atom. The van der Waals surface area contributed by atoms with E-state index in [1.165, 1.54) is 10.9 Å². The first kappa shape index (κ1) is 15.8. The van der Waals surface area contributed by atoms with Gasteiger partial charge in [-0.05, 0) is 23.3 Å². The lowest BCUT2D eigenvalue weighted by molar-refractivity contribution is 0.0942. The summed E-state index contributed by atoms with van der Waals surface area (Å²) >= 11 is 0. The fourth-order valence-electron chi connectivity index (χ4n) is 2.38. The van der Waals surface area contributed by atoms with Crippen LogP contribution in [0, 0.1) is 0 Å². The van der Waals surface area contributed by atoms with E-state index in [2.05, 4.69) is 10.4 Å². The highest BCUT2D eigenvalue weighted by Gasteiger charge is 2.17. The summed E-state index contributed by atoms with van der Waals surface area (Å²) in [7, 11) is 0. The second-order valence-corrected chi connectivity index (χ2v) is 5.25. The number of nitrogens with zero attached hydrogens (tertiary/aromatic N) is 2. The van der Waals surface area contributed by atoms with E-state index in [0.717, 1.165) is 16.8 Å².